The van der Waals surface area contributed by atoms with Gasteiger partial charge in [0.25, 0.3) is 0 Å². The summed E-state index contributed by atoms with van der Waals surface area (Å²) in [6.45, 7) is 5.13. The smallest absolute Gasteiger partial charge is 0.234 e. The monoisotopic (exact) mass is 325 g/mol. The highest BCUT2D eigenvalue weighted by atomic mass is 79.9. The number of hydrogen-bond donors (Lipinski definition) is 1. The van der Waals surface area contributed by atoms with Gasteiger partial charge in [0.1, 0.15) is 0 Å². The standard InChI is InChI=1S/C14H20BrN3O/c1-17-6-8-18(9-7-17)11-14(19)16-10-12-2-4-13(15)5-3-12/h2-5H,6-11H2,1H3,(H,16,19). The van der Waals surface area contributed by atoms with Gasteiger partial charge in [-0.25, -0.2) is 0 Å². The first-order valence-corrected chi connectivity index (χ1v) is 7.35. The summed E-state index contributed by atoms with van der Waals surface area (Å²) in [6.07, 6.45) is 0. The lowest BCUT2D eigenvalue weighted by molar-refractivity contribution is -0.122. The van der Waals surface area contributed by atoms with Gasteiger partial charge in [0, 0.05) is 37.2 Å². The molecular weight excluding hydrogens is 306 g/mol. The minimum Gasteiger partial charge on any atom is -0.351 e. The second kappa shape index (κ2) is 7.03. The van der Waals surface area contributed by atoms with Crippen LogP contribution in [0, 0.1) is 0 Å². The Kier molecular flexibility index (Phi) is 5.36. The molecule has 104 valence electrons. The molecule has 2 rings (SSSR count). The molecule has 0 aliphatic carbocycles. The van der Waals surface area contributed by atoms with Crippen molar-refractivity contribution in [3.8, 4) is 0 Å². The van der Waals surface area contributed by atoms with Gasteiger partial charge in [-0.1, -0.05) is 28.1 Å². The number of likely N-dealkylation sites (N-methyl/N-ethyl adjacent to an activating group) is 1. The van der Waals surface area contributed by atoms with E-state index in [9.17, 15) is 4.79 Å². The van der Waals surface area contributed by atoms with E-state index >= 15 is 0 Å². The molecular formula is C14H20BrN3O. The molecule has 1 aliphatic heterocycles. The summed E-state index contributed by atoms with van der Waals surface area (Å²) in [4.78, 5) is 16.4. The molecule has 1 heterocycles. The maximum absolute atomic E-state index is 11.9. The van der Waals surface area contributed by atoms with Crippen LogP contribution in [0.2, 0.25) is 0 Å². The van der Waals surface area contributed by atoms with Crippen LogP contribution in [0.5, 0.6) is 0 Å². The highest BCUT2D eigenvalue weighted by Crippen LogP contribution is 2.10. The molecule has 4 nitrogen and oxygen atoms in total. The molecule has 1 fully saturated rings. The third kappa shape index (κ3) is 4.93. The molecule has 0 saturated carbocycles. The highest BCUT2D eigenvalue weighted by Gasteiger charge is 2.16. The van der Waals surface area contributed by atoms with E-state index in [0.29, 0.717) is 13.1 Å². The Balaban J connectivity index is 1.71. The number of carbonyl (C=O) groups is 1. The third-order valence-electron chi connectivity index (χ3n) is 3.37. The second-order valence-electron chi connectivity index (χ2n) is 4.98. The van der Waals surface area contributed by atoms with Crippen molar-refractivity contribution in [2.45, 2.75) is 6.54 Å². The summed E-state index contributed by atoms with van der Waals surface area (Å²) in [5, 5.41) is 2.97. The van der Waals surface area contributed by atoms with E-state index in [1.54, 1.807) is 0 Å². The molecule has 1 aliphatic rings. The fraction of sp³-hybridized carbons (Fsp3) is 0.500. The van der Waals surface area contributed by atoms with Crippen molar-refractivity contribution in [3.63, 3.8) is 0 Å². The molecule has 0 atom stereocenters. The number of nitrogens with one attached hydrogen (secondary N) is 1. The lowest BCUT2D eigenvalue weighted by Crippen LogP contribution is -2.48. The fourth-order valence-electron chi connectivity index (χ4n) is 2.07. The SMILES string of the molecule is CN1CCN(CC(=O)NCc2ccc(Br)cc2)CC1. The first-order chi connectivity index (χ1) is 9.13. The second-order valence-corrected chi connectivity index (χ2v) is 5.90. The molecule has 0 unspecified atom stereocenters. The van der Waals surface area contributed by atoms with E-state index in [-0.39, 0.29) is 5.91 Å². The zero-order valence-corrected chi connectivity index (χ0v) is 12.8. The number of benzene rings is 1. The van der Waals surface area contributed by atoms with Gasteiger partial charge in [0.15, 0.2) is 0 Å². The molecule has 0 aromatic heterocycles. The van der Waals surface area contributed by atoms with E-state index in [1.807, 2.05) is 24.3 Å². The predicted molar refractivity (Wildman–Crippen MR) is 79.9 cm³/mol. The van der Waals surface area contributed by atoms with Gasteiger partial charge in [-0.05, 0) is 24.7 Å². The van der Waals surface area contributed by atoms with Crippen LogP contribution >= 0.6 is 15.9 Å². The van der Waals surface area contributed by atoms with Crippen molar-refractivity contribution < 1.29 is 4.79 Å². The summed E-state index contributed by atoms with van der Waals surface area (Å²) in [5.74, 6) is 0.104. The van der Waals surface area contributed by atoms with E-state index in [1.165, 1.54) is 0 Å². The molecule has 19 heavy (non-hydrogen) atoms. The van der Waals surface area contributed by atoms with Crippen molar-refractivity contribution in [3.05, 3.63) is 34.3 Å². The van der Waals surface area contributed by atoms with Crippen molar-refractivity contribution in [1.82, 2.24) is 15.1 Å². The van der Waals surface area contributed by atoms with Crippen LogP contribution in [0.4, 0.5) is 0 Å². The molecule has 1 aromatic rings. The van der Waals surface area contributed by atoms with Crippen molar-refractivity contribution >= 4 is 21.8 Å². The van der Waals surface area contributed by atoms with Gasteiger partial charge in [-0.15, -0.1) is 0 Å². The number of halogens is 1. The van der Waals surface area contributed by atoms with Crippen LogP contribution in [0.3, 0.4) is 0 Å². The van der Waals surface area contributed by atoms with Gasteiger partial charge in [-0.2, -0.15) is 0 Å². The zero-order chi connectivity index (χ0) is 13.7. The quantitative estimate of drug-likeness (QED) is 0.906. The molecule has 1 saturated heterocycles. The molecule has 5 heteroatoms. The van der Waals surface area contributed by atoms with Gasteiger partial charge in [-0.3, -0.25) is 9.69 Å². The van der Waals surface area contributed by atoms with E-state index in [4.69, 9.17) is 0 Å². The van der Waals surface area contributed by atoms with Crippen LogP contribution in [0.15, 0.2) is 28.7 Å². The van der Waals surface area contributed by atoms with Gasteiger partial charge in [0.05, 0.1) is 6.54 Å². The Morgan fingerprint density at radius 2 is 1.84 bits per heavy atom. The molecule has 0 spiro atoms. The molecule has 1 N–H and O–H groups in total. The van der Waals surface area contributed by atoms with Crippen molar-refractivity contribution in [2.75, 3.05) is 39.8 Å². The number of hydrogen-bond acceptors (Lipinski definition) is 3. The Morgan fingerprint density at radius 3 is 2.47 bits per heavy atom. The predicted octanol–water partition coefficient (Wildman–Crippen LogP) is 1.31. The Hall–Kier alpha value is -0.910. The molecule has 0 radical (unpaired) electrons. The number of rotatable bonds is 4. The van der Waals surface area contributed by atoms with Gasteiger partial charge >= 0.3 is 0 Å². The lowest BCUT2D eigenvalue weighted by Gasteiger charge is -2.31. The number of nitrogens with zero attached hydrogens (tertiary/aromatic N) is 2. The van der Waals surface area contributed by atoms with E-state index < -0.39 is 0 Å². The summed E-state index contributed by atoms with van der Waals surface area (Å²) >= 11 is 3.40. The minimum atomic E-state index is 0.104. The summed E-state index contributed by atoms with van der Waals surface area (Å²) in [5.41, 5.74) is 1.12. The Morgan fingerprint density at radius 1 is 1.21 bits per heavy atom. The van der Waals surface area contributed by atoms with Crippen LogP contribution in [-0.2, 0) is 11.3 Å². The average Bonchev–Trinajstić information content (AvgIpc) is 2.41. The van der Waals surface area contributed by atoms with Crippen molar-refractivity contribution in [1.29, 1.82) is 0 Å². The number of carbonyl (C=O) groups excluding carboxylic acids is 1. The van der Waals surface area contributed by atoms with Crippen LogP contribution in [0.1, 0.15) is 5.56 Å². The normalized spacial score (nSPS) is 17.4. The first kappa shape index (κ1) is 14.5. The van der Waals surface area contributed by atoms with Crippen molar-refractivity contribution in [2.24, 2.45) is 0 Å². The van der Waals surface area contributed by atoms with Crippen LogP contribution < -0.4 is 5.32 Å². The third-order valence-corrected chi connectivity index (χ3v) is 3.89. The number of amides is 1. The fourth-order valence-corrected chi connectivity index (χ4v) is 2.33. The van der Waals surface area contributed by atoms with Gasteiger partial charge < -0.3 is 10.2 Å². The van der Waals surface area contributed by atoms with Crippen LogP contribution in [0.25, 0.3) is 0 Å². The number of piperazine rings is 1. The lowest BCUT2D eigenvalue weighted by atomic mass is 10.2. The van der Waals surface area contributed by atoms with E-state index in [2.05, 4.69) is 38.1 Å². The Labute approximate surface area is 122 Å². The summed E-state index contributed by atoms with van der Waals surface area (Å²) in [6, 6.07) is 8.00. The van der Waals surface area contributed by atoms with E-state index in [0.717, 1.165) is 36.2 Å². The topological polar surface area (TPSA) is 35.6 Å². The molecule has 1 aromatic carbocycles. The molecule has 1 amide bonds. The summed E-state index contributed by atoms with van der Waals surface area (Å²) in [7, 11) is 2.12. The largest absolute Gasteiger partial charge is 0.351 e. The van der Waals surface area contributed by atoms with Gasteiger partial charge in [0.2, 0.25) is 5.91 Å². The zero-order valence-electron chi connectivity index (χ0n) is 11.2. The van der Waals surface area contributed by atoms with Crippen LogP contribution in [-0.4, -0.2) is 55.5 Å². The summed E-state index contributed by atoms with van der Waals surface area (Å²) < 4.78 is 1.06. The first-order valence-electron chi connectivity index (χ1n) is 6.55. The Bertz CT molecular complexity index is 413. The maximum atomic E-state index is 11.9. The highest BCUT2D eigenvalue weighted by molar-refractivity contribution is 9.10. The average molecular weight is 326 g/mol. The maximum Gasteiger partial charge on any atom is 0.234 e. The minimum absolute atomic E-state index is 0.104. The molecule has 0 bridgehead atoms.